The molecule has 8 nitrogen and oxygen atoms in total. The number of aromatic nitrogens is 2. The average Bonchev–Trinajstić information content (AvgIpc) is 2.88. The summed E-state index contributed by atoms with van der Waals surface area (Å²) in [6.07, 6.45) is 4.82. The lowest BCUT2D eigenvalue weighted by atomic mass is 10.00. The first-order valence-electron chi connectivity index (χ1n) is 6.76. The van der Waals surface area contributed by atoms with Gasteiger partial charge in [0.15, 0.2) is 0 Å². The minimum Gasteiger partial charge on any atom is -0.352 e. The summed E-state index contributed by atoms with van der Waals surface area (Å²) < 4.78 is 1.42. The summed E-state index contributed by atoms with van der Waals surface area (Å²) in [5.74, 6) is -0.0521. The fourth-order valence-corrected chi connectivity index (χ4v) is 2.31. The normalized spacial score (nSPS) is 21.4. The second-order valence-electron chi connectivity index (χ2n) is 5.03. The summed E-state index contributed by atoms with van der Waals surface area (Å²) in [5.41, 5.74) is -0.0597. The fourth-order valence-electron chi connectivity index (χ4n) is 2.31. The number of carbonyl (C=O) groups is 1. The van der Waals surface area contributed by atoms with Gasteiger partial charge in [-0.1, -0.05) is 0 Å². The number of halogens is 1. The third-order valence-corrected chi connectivity index (χ3v) is 3.51. The molecule has 9 heteroatoms. The van der Waals surface area contributed by atoms with E-state index in [1.165, 1.54) is 17.1 Å². The number of nitrogens with zero attached hydrogens (tertiary/aromatic N) is 3. The van der Waals surface area contributed by atoms with E-state index < -0.39 is 4.92 Å². The molecule has 1 saturated heterocycles. The van der Waals surface area contributed by atoms with Crippen molar-refractivity contribution in [1.29, 1.82) is 0 Å². The Labute approximate surface area is 128 Å². The van der Waals surface area contributed by atoms with E-state index in [0.29, 0.717) is 6.54 Å². The molecule has 1 aliphatic rings. The van der Waals surface area contributed by atoms with Crippen LogP contribution in [-0.4, -0.2) is 39.2 Å². The Morgan fingerprint density at radius 3 is 3.05 bits per heavy atom. The van der Waals surface area contributed by atoms with Crippen molar-refractivity contribution in [3.63, 3.8) is 0 Å². The standard InChI is InChI=1S/C12H19N5O3.ClH/c1-9-11(3-2-5-13-9)15-12(18)4-6-16-8-10(7-14-16)17(19)20;/h7-9,11,13H,2-6H2,1H3,(H,15,18);1H. The molecule has 0 radical (unpaired) electrons. The highest BCUT2D eigenvalue weighted by Crippen LogP contribution is 2.10. The van der Waals surface area contributed by atoms with Gasteiger partial charge in [-0.15, -0.1) is 12.4 Å². The summed E-state index contributed by atoms with van der Waals surface area (Å²) in [6, 6.07) is 0.432. The van der Waals surface area contributed by atoms with Crippen molar-refractivity contribution < 1.29 is 9.72 Å². The first-order chi connectivity index (χ1) is 9.56. The summed E-state index contributed by atoms with van der Waals surface area (Å²) in [5, 5.41) is 20.7. The molecule has 2 atom stereocenters. The van der Waals surface area contributed by atoms with Gasteiger partial charge in [-0.3, -0.25) is 19.6 Å². The van der Waals surface area contributed by atoms with Crippen molar-refractivity contribution in [2.45, 2.75) is 44.8 Å². The second-order valence-corrected chi connectivity index (χ2v) is 5.03. The molecule has 118 valence electrons. The molecule has 0 aromatic carbocycles. The van der Waals surface area contributed by atoms with E-state index in [1.54, 1.807) is 0 Å². The average molecular weight is 318 g/mol. The molecule has 1 aromatic heterocycles. The van der Waals surface area contributed by atoms with Crippen LogP contribution in [0.25, 0.3) is 0 Å². The van der Waals surface area contributed by atoms with Crippen molar-refractivity contribution in [3.8, 4) is 0 Å². The smallest absolute Gasteiger partial charge is 0.306 e. The minimum atomic E-state index is -0.501. The van der Waals surface area contributed by atoms with E-state index in [2.05, 4.69) is 22.7 Å². The second kappa shape index (κ2) is 7.94. The van der Waals surface area contributed by atoms with Gasteiger partial charge >= 0.3 is 5.69 Å². The number of rotatable bonds is 5. The molecule has 1 aliphatic heterocycles. The zero-order chi connectivity index (χ0) is 14.5. The largest absolute Gasteiger partial charge is 0.352 e. The number of piperidine rings is 1. The van der Waals surface area contributed by atoms with Crippen LogP contribution in [0.2, 0.25) is 0 Å². The Kier molecular flexibility index (Phi) is 6.57. The van der Waals surface area contributed by atoms with Gasteiger partial charge in [0.25, 0.3) is 0 Å². The summed E-state index contributed by atoms with van der Waals surface area (Å²) in [6.45, 7) is 3.39. The van der Waals surface area contributed by atoms with E-state index in [0.717, 1.165) is 19.4 Å². The number of hydrogen-bond donors (Lipinski definition) is 2. The van der Waals surface area contributed by atoms with Gasteiger partial charge in [-0.05, 0) is 26.3 Å². The lowest BCUT2D eigenvalue weighted by Gasteiger charge is -2.30. The molecule has 0 spiro atoms. The van der Waals surface area contributed by atoms with Gasteiger partial charge in [0, 0.05) is 25.0 Å². The SMILES string of the molecule is CC1NCCCC1NC(=O)CCn1cc([N+](=O)[O-])cn1.Cl. The maximum atomic E-state index is 11.9. The summed E-state index contributed by atoms with van der Waals surface area (Å²) in [4.78, 5) is 21.9. The van der Waals surface area contributed by atoms with Crippen LogP contribution in [-0.2, 0) is 11.3 Å². The highest BCUT2D eigenvalue weighted by atomic mass is 35.5. The van der Waals surface area contributed by atoms with Gasteiger partial charge in [-0.2, -0.15) is 5.10 Å². The first kappa shape index (κ1) is 17.4. The maximum Gasteiger partial charge on any atom is 0.306 e. The Bertz CT molecular complexity index is 493. The van der Waals surface area contributed by atoms with Gasteiger partial charge < -0.3 is 10.6 Å². The molecular formula is C12H20ClN5O3. The molecule has 2 N–H and O–H groups in total. The van der Waals surface area contributed by atoms with Crippen LogP contribution in [0.15, 0.2) is 12.4 Å². The molecule has 21 heavy (non-hydrogen) atoms. The van der Waals surface area contributed by atoms with Crippen LogP contribution < -0.4 is 10.6 Å². The van der Waals surface area contributed by atoms with Crippen molar-refractivity contribution in [2.24, 2.45) is 0 Å². The highest BCUT2D eigenvalue weighted by Gasteiger charge is 2.22. The number of hydrogen-bond acceptors (Lipinski definition) is 5. The van der Waals surface area contributed by atoms with Gasteiger partial charge in [0.1, 0.15) is 12.4 Å². The third-order valence-electron chi connectivity index (χ3n) is 3.51. The van der Waals surface area contributed by atoms with Crippen molar-refractivity contribution >= 4 is 24.0 Å². The molecule has 1 aromatic rings. The Balaban J connectivity index is 0.00000220. The number of carbonyl (C=O) groups excluding carboxylic acids is 1. The van der Waals surface area contributed by atoms with Gasteiger partial charge in [0.05, 0.1) is 4.92 Å². The monoisotopic (exact) mass is 317 g/mol. The number of amides is 1. The molecule has 0 aliphatic carbocycles. The quantitative estimate of drug-likeness (QED) is 0.619. The lowest BCUT2D eigenvalue weighted by molar-refractivity contribution is -0.385. The number of aryl methyl sites for hydroxylation is 1. The van der Waals surface area contributed by atoms with Crippen LogP contribution in [0.3, 0.4) is 0 Å². The topological polar surface area (TPSA) is 102 Å². The molecular weight excluding hydrogens is 298 g/mol. The summed E-state index contributed by atoms with van der Waals surface area (Å²) in [7, 11) is 0. The fraction of sp³-hybridized carbons (Fsp3) is 0.667. The molecule has 1 amide bonds. The van der Waals surface area contributed by atoms with Gasteiger partial charge in [0.2, 0.25) is 5.91 Å². The Morgan fingerprint density at radius 2 is 2.43 bits per heavy atom. The Morgan fingerprint density at radius 1 is 1.67 bits per heavy atom. The zero-order valence-corrected chi connectivity index (χ0v) is 12.6. The first-order valence-corrected chi connectivity index (χ1v) is 6.76. The van der Waals surface area contributed by atoms with Crippen LogP contribution in [0.1, 0.15) is 26.2 Å². The van der Waals surface area contributed by atoms with E-state index >= 15 is 0 Å². The summed E-state index contributed by atoms with van der Waals surface area (Å²) >= 11 is 0. The molecule has 1 fully saturated rings. The molecule has 0 bridgehead atoms. The van der Waals surface area contributed by atoms with E-state index in [-0.39, 0.29) is 42.5 Å². The molecule has 0 saturated carbocycles. The third kappa shape index (κ3) is 4.98. The number of nitrogens with one attached hydrogen (secondary N) is 2. The molecule has 2 heterocycles. The predicted octanol–water partition coefficient (Wildman–Crippen LogP) is 0.860. The predicted molar refractivity (Wildman–Crippen MR) is 79.4 cm³/mol. The molecule has 2 unspecified atom stereocenters. The van der Waals surface area contributed by atoms with Crippen molar-refractivity contribution in [3.05, 3.63) is 22.5 Å². The van der Waals surface area contributed by atoms with Gasteiger partial charge in [-0.25, -0.2) is 0 Å². The van der Waals surface area contributed by atoms with E-state index in [4.69, 9.17) is 0 Å². The maximum absolute atomic E-state index is 11.9. The van der Waals surface area contributed by atoms with Crippen LogP contribution in [0.4, 0.5) is 5.69 Å². The van der Waals surface area contributed by atoms with Crippen molar-refractivity contribution in [1.82, 2.24) is 20.4 Å². The van der Waals surface area contributed by atoms with Crippen LogP contribution >= 0.6 is 12.4 Å². The van der Waals surface area contributed by atoms with Crippen LogP contribution in [0.5, 0.6) is 0 Å². The van der Waals surface area contributed by atoms with E-state index in [9.17, 15) is 14.9 Å². The number of nitro groups is 1. The van der Waals surface area contributed by atoms with E-state index in [1.807, 2.05) is 0 Å². The molecule has 2 rings (SSSR count). The highest BCUT2D eigenvalue weighted by molar-refractivity contribution is 5.85. The lowest BCUT2D eigenvalue weighted by Crippen LogP contribution is -2.52. The van der Waals surface area contributed by atoms with Crippen molar-refractivity contribution in [2.75, 3.05) is 6.54 Å². The minimum absolute atomic E-state index is 0. The zero-order valence-electron chi connectivity index (χ0n) is 11.8. The van der Waals surface area contributed by atoms with Crippen LogP contribution in [0, 0.1) is 10.1 Å². The Hall–Kier alpha value is -1.67.